The number of halogens is 1. The highest BCUT2D eigenvalue weighted by Crippen LogP contribution is 2.18. The molecule has 0 fully saturated rings. The van der Waals surface area contributed by atoms with Gasteiger partial charge in [0.2, 0.25) is 0 Å². The topological polar surface area (TPSA) is 62.7 Å². The average Bonchev–Trinajstić information content (AvgIpc) is 3.33. The van der Waals surface area contributed by atoms with Gasteiger partial charge in [-0.1, -0.05) is 18.2 Å². The van der Waals surface area contributed by atoms with Gasteiger partial charge in [0.25, 0.3) is 5.91 Å². The molecule has 2 N–H and O–H groups in total. The molecule has 0 aliphatic carbocycles. The van der Waals surface area contributed by atoms with Gasteiger partial charge in [0.15, 0.2) is 0 Å². The van der Waals surface area contributed by atoms with Gasteiger partial charge in [-0.05, 0) is 54.3 Å². The molecule has 0 unspecified atom stereocenters. The van der Waals surface area contributed by atoms with Crippen LogP contribution in [0.25, 0.3) is 22.2 Å². The third-order valence-corrected chi connectivity index (χ3v) is 4.50. The number of aryl methyl sites for hydroxylation is 1. The van der Waals surface area contributed by atoms with Crippen LogP contribution >= 0.6 is 0 Å². The highest BCUT2D eigenvalue weighted by Gasteiger charge is 2.10. The molecule has 1 amide bonds. The first-order valence-electron chi connectivity index (χ1n) is 8.84. The first-order chi connectivity index (χ1) is 13.2. The number of hydrogen-bond acceptors (Lipinski definition) is 2. The molecule has 0 aliphatic rings. The summed E-state index contributed by atoms with van der Waals surface area (Å²) < 4.78 is 15.2. The summed E-state index contributed by atoms with van der Waals surface area (Å²) in [5.74, 6) is -0.504. The molecule has 0 atom stereocenters. The number of aromatic nitrogens is 3. The molecular weight excluding hydrogens is 343 g/mol. The number of carbonyl (C=O) groups excluding carboxylic acids is 1. The van der Waals surface area contributed by atoms with Gasteiger partial charge < -0.3 is 9.88 Å². The number of aromatic amines is 1. The second-order valence-electron chi connectivity index (χ2n) is 6.35. The average molecular weight is 362 g/mol. The fraction of sp³-hybridized carbons (Fsp3) is 0.143. The van der Waals surface area contributed by atoms with Crippen molar-refractivity contribution in [3.63, 3.8) is 0 Å². The number of amides is 1. The summed E-state index contributed by atoms with van der Waals surface area (Å²) in [6.07, 6.45) is 2.89. The van der Waals surface area contributed by atoms with Crippen molar-refractivity contribution in [2.45, 2.75) is 13.0 Å². The predicted octanol–water partition coefficient (Wildman–Crippen LogP) is 3.99. The molecule has 4 aromatic rings. The number of carbonyl (C=O) groups is 1. The van der Waals surface area contributed by atoms with Gasteiger partial charge in [0.05, 0.1) is 5.69 Å². The van der Waals surface area contributed by atoms with Crippen molar-refractivity contribution < 1.29 is 9.18 Å². The van der Waals surface area contributed by atoms with E-state index in [1.165, 1.54) is 23.0 Å². The van der Waals surface area contributed by atoms with Crippen LogP contribution in [0.4, 0.5) is 4.39 Å². The number of para-hydroxylation sites is 1. The summed E-state index contributed by atoms with van der Waals surface area (Å²) in [6, 6.07) is 18.0. The molecule has 2 heterocycles. The lowest BCUT2D eigenvalue weighted by Crippen LogP contribution is -2.25. The second kappa shape index (κ2) is 7.45. The van der Waals surface area contributed by atoms with Crippen LogP contribution in [-0.4, -0.2) is 27.2 Å². The summed E-state index contributed by atoms with van der Waals surface area (Å²) in [7, 11) is 0. The lowest BCUT2D eigenvalue weighted by molar-refractivity contribution is 0.0948. The number of rotatable bonds is 6. The van der Waals surface area contributed by atoms with Crippen LogP contribution < -0.4 is 5.32 Å². The molecule has 5 nitrogen and oxygen atoms in total. The Bertz CT molecular complexity index is 1070. The van der Waals surface area contributed by atoms with E-state index in [1.54, 1.807) is 18.2 Å². The molecule has 0 spiro atoms. The van der Waals surface area contributed by atoms with Crippen molar-refractivity contribution in [2.75, 3.05) is 6.54 Å². The maximum atomic E-state index is 13.0. The Morgan fingerprint density at radius 3 is 2.78 bits per heavy atom. The van der Waals surface area contributed by atoms with Gasteiger partial charge in [-0.2, -0.15) is 5.10 Å². The van der Waals surface area contributed by atoms with Crippen LogP contribution in [0, 0.1) is 5.82 Å². The minimum absolute atomic E-state index is 0.201. The van der Waals surface area contributed by atoms with Crippen LogP contribution in [0.15, 0.2) is 66.9 Å². The highest BCUT2D eigenvalue weighted by atomic mass is 19.1. The fourth-order valence-electron chi connectivity index (χ4n) is 3.09. The highest BCUT2D eigenvalue weighted by molar-refractivity contribution is 5.93. The van der Waals surface area contributed by atoms with E-state index >= 15 is 0 Å². The van der Waals surface area contributed by atoms with E-state index in [9.17, 15) is 9.18 Å². The zero-order chi connectivity index (χ0) is 18.6. The predicted molar refractivity (Wildman–Crippen MR) is 103 cm³/mol. The maximum Gasteiger partial charge on any atom is 0.269 e. The summed E-state index contributed by atoms with van der Waals surface area (Å²) in [5.41, 5.74) is 2.95. The molecule has 0 aliphatic heterocycles. The first kappa shape index (κ1) is 17.0. The molecular formula is C21H19FN4O. The number of fused-ring (bicyclic) bond motifs is 1. The first-order valence-corrected chi connectivity index (χ1v) is 8.84. The summed E-state index contributed by atoms with van der Waals surface area (Å²) in [4.78, 5) is 12.3. The number of nitrogens with one attached hydrogen (secondary N) is 2. The Morgan fingerprint density at radius 2 is 1.93 bits per heavy atom. The van der Waals surface area contributed by atoms with Crippen LogP contribution in [0.2, 0.25) is 0 Å². The number of nitrogens with zero attached hydrogens (tertiary/aromatic N) is 2. The smallest absolute Gasteiger partial charge is 0.269 e. The Morgan fingerprint density at radius 1 is 1.11 bits per heavy atom. The van der Waals surface area contributed by atoms with E-state index in [1.807, 2.05) is 12.1 Å². The Balaban J connectivity index is 1.31. The number of benzene rings is 2. The lowest BCUT2D eigenvalue weighted by atomic mass is 10.1. The lowest BCUT2D eigenvalue weighted by Gasteiger charge is -2.06. The molecule has 6 heteroatoms. The maximum absolute atomic E-state index is 13.0. The molecule has 136 valence electrons. The minimum Gasteiger partial charge on any atom is -0.351 e. The van der Waals surface area contributed by atoms with Gasteiger partial charge in [-0.25, -0.2) is 4.39 Å². The standard InChI is InChI=1S/C21H19FN4O/c22-17-8-6-15(7-9-17)18-14-19(25-24-18)21(27)23-11-3-12-26-13-10-16-4-1-2-5-20(16)26/h1-2,4-10,13-14H,3,11-12H2,(H,23,27)(H,24,25). The zero-order valence-electron chi connectivity index (χ0n) is 14.7. The van der Waals surface area contributed by atoms with Crippen LogP contribution in [0.1, 0.15) is 16.9 Å². The Hall–Kier alpha value is -3.41. The second-order valence-corrected chi connectivity index (χ2v) is 6.35. The summed E-state index contributed by atoms with van der Waals surface area (Å²) in [5, 5.41) is 11.0. The van der Waals surface area contributed by atoms with Gasteiger partial charge in [-0.15, -0.1) is 0 Å². The van der Waals surface area contributed by atoms with Crippen LogP contribution in [-0.2, 0) is 6.54 Å². The van der Waals surface area contributed by atoms with E-state index in [2.05, 4.69) is 44.5 Å². The molecule has 27 heavy (non-hydrogen) atoms. The van der Waals surface area contributed by atoms with Crippen molar-refractivity contribution in [3.8, 4) is 11.3 Å². The number of hydrogen-bond donors (Lipinski definition) is 2. The van der Waals surface area contributed by atoms with Crippen molar-refractivity contribution in [1.82, 2.24) is 20.1 Å². The minimum atomic E-state index is -0.303. The zero-order valence-corrected chi connectivity index (χ0v) is 14.7. The van der Waals surface area contributed by atoms with E-state index in [4.69, 9.17) is 0 Å². The normalized spacial score (nSPS) is 11.0. The molecule has 0 saturated carbocycles. The van der Waals surface area contributed by atoms with Crippen molar-refractivity contribution in [3.05, 3.63) is 78.4 Å². The van der Waals surface area contributed by atoms with Gasteiger partial charge in [-0.3, -0.25) is 9.89 Å². The quantitative estimate of drug-likeness (QED) is 0.510. The largest absolute Gasteiger partial charge is 0.351 e. The molecule has 0 bridgehead atoms. The third-order valence-electron chi connectivity index (χ3n) is 4.50. The van der Waals surface area contributed by atoms with Crippen molar-refractivity contribution >= 4 is 16.8 Å². The Kier molecular flexibility index (Phi) is 4.70. The van der Waals surface area contributed by atoms with E-state index in [0.29, 0.717) is 17.9 Å². The Labute approximate surface area is 155 Å². The molecule has 2 aromatic heterocycles. The van der Waals surface area contributed by atoms with Gasteiger partial charge >= 0.3 is 0 Å². The number of H-pyrrole nitrogens is 1. The SMILES string of the molecule is O=C(NCCCn1ccc2ccccc21)c1cc(-c2ccc(F)cc2)n[nH]1. The summed E-state index contributed by atoms with van der Waals surface area (Å²) >= 11 is 0. The summed E-state index contributed by atoms with van der Waals surface area (Å²) in [6.45, 7) is 1.40. The molecule has 2 aromatic carbocycles. The van der Waals surface area contributed by atoms with E-state index in [-0.39, 0.29) is 11.7 Å². The third kappa shape index (κ3) is 3.74. The van der Waals surface area contributed by atoms with Crippen molar-refractivity contribution in [1.29, 1.82) is 0 Å². The van der Waals surface area contributed by atoms with E-state index < -0.39 is 0 Å². The van der Waals surface area contributed by atoms with Crippen molar-refractivity contribution in [2.24, 2.45) is 0 Å². The van der Waals surface area contributed by atoms with Gasteiger partial charge in [0.1, 0.15) is 11.5 Å². The monoisotopic (exact) mass is 362 g/mol. The molecule has 0 radical (unpaired) electrons. The molecule has 4 rings (SSSR count). The van der Waals surface area contributed by atoms with E-state index in [0.717, 1.165) is 18.5 Å². The fourth-order valence-corrected chi connectivity index (χ4v) is 3.09. The van der Waals surface area contributed by atoms with Gasteiger partial charge in [0, 0.05) is 30.4 Å². The van der Waals surface area contributed by atoms with Crippen LogP contribution in [0.5, 0.6) is 0 Å². The molecule has 0 saturated heterocycles. The van der Waals surface area contributed by atoms with Crippen LogP contribution in [0.3, 0.4) is 0 Å².